The predicted molar refractivity (Wildman–Crippen MR) is 114 cm³/mol. The smallest absolute Gasteiger partial charge is 0.272 e. The van der Waals surface area contributed by atoms with Crippen LogP contribution in [-0.2, 0) is 4.79 Å². The molecule has 1 amide bonds. The van der Waals surface area contributed by atoms with Gasteiger partial charge in [0.25, 0.3) is 5.56 Å². The SMILES string of the molecule is CCC(C)n1c(SCC(=O)Nc2ccc(C)c(C)c2)nc2ccsc2c1=O. The lowest BCUT2D eigenvalue weighted by Crippen LogP contribution is -2.26. The summed E-state index contributed by atoms with van der Waals surface area (Å²) in [4.78, 5) is 29.8. The Morgan fingerprint density at radius 2 is 2.07 bits per heavy atom. The van der Waals surface area contributed by atoms with Gasteiger partial charge in [0.2, 0.25) is 5.91 Å². The molecule has 0 aliphatic rings. The van der Waals surface area contributed by atoms with Gasteiger partial charge in [-0.3, -0.25) is 14.2 Å². The number of aryl methyl sites for hydroxylation is 2. The Bertz CT molecular complexity index is 1040. The van der Waals surface area contributed by atoms with E-state index in [1.54, 1.807) is 4.57 Å². The first kappa shape index (κ1) is 19.6. The maximum absolute atomic E-state index is 12.8. The van der Waals surface area contributed by atoms with Gasteiger partial charge in [-0.05, 0) is 61.9 Å². The summed E-state index contributed by atoms with van der Waals surface area (Å²) < 4.78 is 2.38. The zero-order chi connectivity index (χ0) is 19.6. The molecule has 1 aromatic carbocycles. The summed E-state index contributed by atoms with van der Waals surface area (Å²) in [6.07, 6.45) is 0.820. The Morgan fingerprint density at radius 1 is 1.30 bits per heavy atom. The Labute approximate surface area is 166 Å². The zero-order valence-corrected chi connectivity index (χ0v) is 17.5. The van der Waals surface area contributed by atoms with E-state index in [0.717, 1.165) is 17.7 Å². The molecule has 3 aromatic rings. The Hall–Kier alpha value is -2.12. The van der Waals surface area contributed by atoms with Crippen LogP contribution in [-0.4, -0.2) is 21.2 Å². The molecule has 0 fully saturated rings. The molecule has 0 aliphatic carbocycles. The molecule has 1 atom stereocenters. The van der Waals surface area contributed by atoms with Gasteiger partial charge >= 0.3 is 0 Å². The van der Waals surface area contributed by atoms with Crippen LogP contribution in [0.15, 0.2) is 39.6 Å². The highest BCUT2D eigenvalue weighted by atomic mass is 32.2. The number of benzene rings is 1. The molecule has 142 valence electrons. The van der Waals surface area contributed by atoms with E-state index in [9.17, 15) is 9.59 Å². The van der Waals surface area contributed by atoms with E-state index in [0.29, 0.717) is 15.4 Å². The highest BCUT2D eigenvalue weighted by Gasteiger charge is 2.17. The molecule has 0 aliphatic heterocycles. The number of fused-ring (bicyclic) bond motifs is 1. The first-order valence-electron chi connectivity index (χ1n) is 8.90. The van der Waals surface area contributed by atoms with Crippen LogP contribution in [0, 0.1) is 13.8 Å². The molecule has 27 heavy (non-hydrogen) atoms. The van der Waals surface area contributed by atoms with Gasteiger partial charge in [0.1, 0.15) is 4.70 Å². The normalized spacial score (nSPS) is 12.3. The molecule has 0 radical (unpaired) electrons. The fraction of sp³-hybridized carbons (Fsp3) is 0.350. The number of anilines is 1. The molecular formula is C20H23N3O2S2. The van der Waals surface area contributed by atoms with E-state index in [1.807, 2.05) is 57.3 Å². The van der Waals surface area contributed by atoms with Crippen LogP contribution in [0.1, 0.15) is 37.4 Å². The quantitative estimate of drug-likeness (QED) is 0.477. The molecule has 1 unspecified atom stereocenters. The summed E-state index contributed by atoms with van der Waals surface area (Å²) in [5.74, 6) is 0.0875. The molecule has 3 rings (SSSR count). The number of hydrogen-bond donors (Lipinski definition) is 1. The molecule has 5 nitrogen and oxygen atoms in total. The van der Waals surface area contributed by atoms with Crippen molar-refractivity contribution >= 4 is 44.9 Å². The number of carbonyl (C=O) groups excluding carboxylic acids is 1. The number of nitrogens with zero attached hydrogens (tertiary/aromatic N) is 2. The molecule has 1 N–H and O–H groups in total. The van der Waals surface area contributed by atoms with Gasteiger partial charge in [0.05, 0.1) is 11.3 Å². The van der Waals surface area contributed by atoms with Crippen molar-refractivity contribution in [2.75, 3.05) is 11.1 Å². The van der Waals surface area contributed by atoms with Crippen LogP contribution in [0.5, 0.6) is 0 Å². The second-order valence-electron chi connectivity index (χ2n) is 6.60. The minimum Gasteiger partial charge on any atom is -0.325 e. The van der Waals surface area contributed by atoms with E-state index in [1.165, 1.54) is 28.7 Å². The van der Waals surface area contributed by atoms with Crippen LogP contribution in [0.25, 0.3) is 10.2 Å². The van der Waals surface area contributed by atoms with E-state index in [-0.39, 0.29) is 23.3 Å². The number of carbonyl (C=O) groups is 1. The Balaban J connectivity index is 1.80. The van der Waals surface area contributed by atoms with Crippen LogP contribution in [0.3, 0.4) is 0 Å². The van der Waals surface area contributed by atoms with Crippen LogP contribution < -0.4 is 10.9 Å². The zero-order valence-electron chi connectivity index (χ0n) is 15.9. The number of thioether (sulfide) groups is 1. The summed E-state index contributed by atoms with van der Waals surface area (Å²) in [6.45, 7) is 8.10. The standard InChI is InChI=1S/C20H23N3O2S2/c1-5-14(4)23-19(25)18-16(8-9-26-18)22-20(23)27-11-17(24)21-15-7-6-12(2)13(3)10-15/h6-10,14H,5,11H2,1-4H3,(H,21,24). The van der Waals surface area contributed by atoms with Crippen LogP contribution in [0.2, 0.25) is 0 Å². The lowest BCUT2D eigenvalue weighted by atomic mass is 10.1. The molecule has 0 saturated heterocycles. The fourth-order valence-electron chi connectivity index (χ4n) is 2.72. The van der Waals surface area contributed by atoms with Gasteiger partial charge in [0, 0.05) is 11.7 Å². The van der Waals surface area contributed by atoms with Crippen molar-refractivity contribution in [3.63, 3.8) is 0 Å². The van der Waals surface area contributed by atoms with Crippen molar-refractivity contribution in [2.45, 2.75) is 45.3 Å². The molecule has 0 spiro atoms. The fourth-order valence-corrected chi connectivity index (χ4v) is 4.39. The van der Waals surface area contributed by atoms with Gasteiger partial charge in [-0.25, -0.2) is 4.98 Å². The number of thiophene rings is 1. The lowest BCUT2D eigenvalue weighted by Gasteiger charge is -2.17. The maximum atomic E-state index is 12.8. The second kappa shape index (κ2) is 8.27. The van der Waals surface area contributed by atoms with E-state index in [4.69, 9.17) is 0 Å². The van der Waals surface area contributed by atoms with Crippen molar-refractivity contribution in [3.8, 4) is 0 Å². The van der Waals surface area contributed by atoms with Gasteiger partial charge in [-0.1, -0.05) is 24.8 Å². The van der Waals surface area contributed by atoms with Gasteiger partial charge < -0.3 is 5.32 Å². The topological polar surface area (TPSA) is 64.0 Å². The first-order chi connectivity index (χ1) is 12.9. The third-order valence-electron chi connectivity index (χ3n) is 4.63. The van der Waals surface area contributed by atoms with Gasteiger partial charge in [-0.2, -0.15) is 0 Å². The minimum atomic E-state index is -0.112. The van der Waals surface area contributed by atoms with Crippen molar-refractivity contribution in [3.05, 3.63) is 51.1 Å². The Morgan fingerprint density at radius 3 is 2.78 bits per heavy atom. The van der Waals surface area contributed by atoms with Gasteiger partial charge in [-0.15, -0.1) is 11.3 Å². The van der Waals surface area contributed by atoms with E-state index >= 15 is 0 Å². The predicted octanol–water partition coefficient (Wildman–Crippen LogP) is 4.78. The number of hydrogen-bond acceptors (Lipinski definition) is 5. The number of nitrogens with one attached hydrogen (secondary N) is 1. The van der Waals surface area contributed by atoms with Crippen LogP contribution in [0.4, 0.5) is 5.69 Å². The third-order valence-corrected chi connectivity index (χ3v) is 6.48. The molecule has 7 heteroatoms. The third kappa shape index (κ3) is 4.25. The van der Waals surface area contributed by atoms with Crippen molar-refractivity contribution in [1.29, 1.82) is 0 Å². The second-order valence-corrected chi connectivity index (χ2v) is 8.46. The molecule has 2 heterocycles. The lowest BCUT2D eigenvalue weighted by molar-refractivity contribution is -0.113. The van der Waals surface area contributed by atoms with Crippen LogP contribution >= 0.6 is 23.1 Å². The molecule has 2 aromatic heterocycles. The van der Waals surface area contributed by atoms with Crippen molar-refractivity contribution in [2.24, 2.45) is 0 Å². The average molecular weight is 402 g/mol. The van der Waals surface area contributed by atoms with Crippen molar-refractivity contribution in [1.82, 2.24) is 9.55 Å². The highest BCUT2D eigenvalue weighted by molar-refractivity contribution is 7.99. The van der Waals surface area contributed by atoms with Gasteiger partial charge in [0.15, 0.2) is 5.16 Å². The summed E-state index contributed by atoms with van der Waals surface area (Å²) in [5.41, 5.74) is 3.77. The number of amides is 1. The monoisotopic (exact) mass is 401 g/mol. The summed E-state index contributed by atoms with van der Waals surface area (Å²) in [7, 11) is 0. The van der Waals surface area contributed by atoms with E-state index in [2.05, 4.69) is 10.3 Å². The number of aromatic nitrogens is 2. The Kier molecular flexibility index (Phi) is 6.01. The number of rotatable bonds is 6. The average Bonchev–Trinajstić information content (AvgIpc) is 3.11. The molecular weight excluding hydrogens is 378 g/mol. The highest BCUT2D eigenvalue weighted by Crippen LogP contribution is 2.24. The maximum Gasteiger partial charge on any atom is 0.272 e. The summed E-state index contributed by atoms with van der Waals surface area (Å²) in [6, 6.07) is 7.73. The summed E-state index contributed by atoms with van der Waals surface area (Å²) >= 11 is 2.71. The summed E-state index contributed by atoms with van der Waals surface area (Å²) in [5, 5.41) is 5.39. The largest absolute Gasteiger partial charge is 0.325 e. The van der Waals surface area contributed by atoms with Crippen molar-refractivity contribution < 1.29 is 4.79 Å². The molecule has 0 saturated carbocycles. The molecule has 0 bridgehead atoms. The first-order valence-corrected chi connectivity index (χ1v) is 10.8. The van der Waals surface area contributed by atoms with E-state index < -0.39 is 0 Å². The minimum absolute atomic E-state index is 0.0265.